The molecule has 9 heteroatoms. The molecule has 7 nitrogen and oxygen atoms in total. The van der Waals surface area contributed by atoms with Gasteiger partial charge in [-0.15, -0.1) is 0 Å². The van der Waals surface area contributed by atoms with Gasteiger partial charge in [0.25, 0.3) is 5.91 Å². The third kappa shape index (κ3) is 3.74. The average molecular weight is 421 g/mol. The van der Waals surface area contributed by atoms with E-state index in [1.165, 1.54) is 0 Å². The van der Waals surface area contributed by atoms with Gasteiger partial charge >= 0.3 is 0 Å². The molecule has 3 heterocycles. The molecule has 2 aliphatic heterocycles. The normalized spacial score (nSPS) is 21.5. The molecule has 2 atom stereocenters. The number of nitrogens with zero attached hydrogens (tertiary/aromatic N) is 4. The van der Waals surface area contributed by atoms with E-state index in [4.69, 9.17) is 16.3 Å². The Balaban J connectivity index is 1.47. The maximum Gasteiger partial charge on any atom is 0.254 e. The second-order valence-corrected chi connectivity index (χ2v) is 7.78. The van der Waals surface area contributed by atoms with E-state index in [1.807, 2.05) is 6.07 Å². The van der Waals surface area contributed by atoms with Crippen LogP contribution in [-0.2, 0) is 13.2 Å². The van der Waals surface area contributed by atoms with Crippen molar-refractivity contribution < 1.29 is 19.0 Å². The van der Waals surface area contributed by atoms with Crippen LogP contribution in [0.5, 0.6) is 5.75 Å². The SMILES string of the molecule is Cc1c(Cl)nc(CO)nc1N1CCC(Oc2ccc3c(c2)C(=O)N(C)C3)C(F)C1. The molecule has 1 saturated heterocycles. The molecule has 0 radical (unpaired) electrons. The van der Waals surface area contributed by atoms with Crippen molar-refractivity contribution in [2.24, 2.45) is 0 Å². The first-order valence-electron chi connectivity index (χ1n) is 9.45. The molecule has 2 aromatic rings. The number of alkyl halides is 1. The predicted molar refractivity (Wildman–Crippen MR) is 106 cm³/mol. The number of piperidine rings is 1. The Morgan fingerprint density at radius 3 is 2.90 bits per heavy atom. The summed E-state index contributed by atoms with van der Waals surface area (Å²) in [7, 11) is 1.75. The molecular weight excluding hydrogens is 399 g/mol. The highest BCUT2D eigenvalue weighted by Crippen LogP contribution is 2.30. The van der Waals surface area contributed by atoms with Gasteiger partial charge in [0.15, 0.2) is 12.0 Å². The standard InChI is InChI=1S/C20H22ClFN4O3/c1-11-18(21)23-17(10-27)24-19(11)26-6-5-16(15(22)9-26)29-13-4-3-12-8-25(2)20(28)14(12)7-13/h3-4,7,15-16,27H,5-6,8-10H2,1-2H3. The van der Waals surface area contributed by atoms with E-state index in [0.29, 0.717) is 42.2 Å². The summed E-state index contributed by atoms with van der Waals surface area (Å²) in [5, 5.41) is 9.56. The molecule has 29 heavy (non-hydrogen) atoms. The monoisotopic (exact) mass is 420 g/mol. The van der Waals surface area contributed by atoms with Gasteiger partial charge < -0.3 is 19.6 Å². The summed E-state index contributed by atoms with van der Waals surface area (Å²) in [5.41, 5.74) is 2.21. The van der Waals surface area contributed by atoms with E-state index >= 15 is 0 Å². The van der Waals surface area contributed by atoms with Crippen LogP contribution in [0.2, 0.25) is 5.15 Å². The number of hydrogen-bond donors (Lipinski definition) is 1. The second kappa shape index (κ2) is 7.76. The molecule has 4 rings (SSSR count). The molecule has 1 fully saturated rings. The highest BCUT2D eigenvalue weighted by molar-refractivity contribution is 6.30. The zero-order valence-corrected chi connectivity index (χ0v) is 17.0. The van der Waals surface area contributed by atoms with Crippen LogP contribution in [-0.4, -0.2) is 58.3 Å². The number of halogens is 2. The lowest BCUT2D eigenvalue weighted by molar-refractivity contribution is 0.0799. The Kier molecular flexibility index (Phi) is 5.31. The maximum atomic E-state index is 14.9. The van der Waals surface area contributed by atoms with Gasteiger partial charge in [0.2, 0.25) is 0 Å². The van der Waals surface area contributed by atoms with Crippen molar-refractivity contribution in [1.82, 2.24) is 14.9 Å². The predicted octanol–water partition coefficient (Wildman–Crippen LogP) is 2.51. The van der Waals surface area contributed by atoms with Crippen LogP contribution >= 0.6 is 11.6 Å². The Bertz CT molecular complexity index is 958. The number of benzene rings is 1. The van der Waals surface area contributed by atoms with E-state index in [-0.39, 0.29) is 30.0 Å². The Labute approximate surface area is 173 Å². The van der Waals surface area contributed by atoms with Crippen LogP contribution in [0.1, 0.15) is 33.7 Å². The zero-order chi connectivity index (χ0) is 20.7. The van der Waals surface area contributed by atoms with Crippen molar-refractivity contribution in [2.45, 2.75) is 38.8 Å². The van der Waals surface area contributed by atoms with E-state index in [2.05, 4.69) is 9.97 Å². The summed E-state index contributed by atoms with van der Waals surface area (Å²) in [6.07, 6.45) is -1.42. The van der Waals surface area contributed by atoms with Gasteiger partial charge in [-0.3, -0.25) is 4.79 Å². The maximum absolute atomic E-state index is 14.9. The third-order valence-corrected chi connectivity index (χ3v) is 5.75. The number of anilines is 1. The Morgan fingerprint density at radius 1 is 1.38 bits per heavy atom. The number of aliphatic hydroxyl groups excluding tert-OH is 1. The van der Waals surface area contributed by atoms with Crippen molar-refractivity contribution in [3.8, 4) is 5.75 Å². The minimum absolute atomic E-state index is 0.0483. The Hall–Kier alpha value is -2.45. The van der Waals surface area contributed by atoms with Crippen molar-refractivity contribution in [2.75, 3.05) is 25.0 Å². The number of carbonyl (C=O) groups is 1. The molecule has 1 aromatic heterocycles. The van der Waals surface area contributed by atoms with Crippen molar-refractivity contribution in [3.63, 3.8) is 0 Å². The number of ether oxygens (including phenoxy) is 1. The fourth-order valence-corrected chi connectivity index (χ4v) is 3.96. The first kappa shape index (κ1) is 19.8. The molecule has 0 saturated carbocycles. The number of hydrogen-bond acceptors (Lipinski definition) is 6. The summed E-state index contributed by atoms with van der Waals surface area (Å²) >= 11 is 6.12. The Morgan fingerprint density at radius 2 is 2.17 bits per heavy atom. The van der Waals surface area contributed by atoms with Crippen LogP contribution in [0.25, 0.3) is 0 Å². The summed E-state index contributed by atoms with van der Waals surface area (Å²) in [5.74, 6) is 1.18. The van der Waals surface area contributed by atoms with E-state index < -0.39 is 12.3 Å². The van der Waals surface area contributed by atoms with Crippen LogP contribution in [0.3, 0.4) is 0 Å². The average Bonchev–Trinajstić information content (AvgIpc) is 2.99. The fraction of sp³-hybridized carbons (Fsp3) is 0.450. The number of amides is 1. The molecular formula is C20H22ClFN4O3. The van der Waals surface area contributed by atoms with Gasteiger partial charge in [-0.1, -0.05) is 17.7 Å². The summed E-state index contributed by atoms with van der Waals surface area (Å²) in [6.45, 7) is 2.63. The van der Waals surface area contributed by atoms with Gasteiger partial charge in [0.1, 0.15) is 29.4 Å². The van der Waals surface area contributed by atoms with Crippen molar-refractivity contribution in [1.29, 1.82) is 0 Å². The zero-order valence-electron chi connectivity index (χ0n) is 16.2. The van der Waals surface area contributed by atoms with Gasteiger partial charge in [0.05, 0.1) is 6.54 Å². The van der Waals surface area contributed by atoms with Crippen LogP contribution in [0, 0.1) is 6.92 Å². The quantitative estimate of drug-likeness (QED) is 0.766. The third-order valence-electron chi connectivity index (χ3n) is 5.38. The second-order valence-electron chi connectivity index (χ2n) is 7.42. The topological polar surface area (TPSA) is 78.8 Å². The van der Waals surface area contributed by atoms with Crippen LogP contribution in [0.15, 0.2) is 18.2 Å². The van der Waals surface area contributed by atoms with Crippen molar-refractivity contribution >= 4 is 23.3 Å². The van der Waals surface area contributed by atoms with E-state index in [0.717, 1.165) is 5.56 Å². The van der Waals surface area contributed by atoms with Crippen molar-refractivity contribution in [3.05, 3.63) is 45.9 Å². The van der Waals surface area contributed by atoms with Gasteiger partial charge in [0, 0.05) is 37.7 Å². The highest BCUT2D eigenvalue weighted by atomic mass is 35.5. The smallest absolute Gasteiger partial charge is 0.254 e. The molecule has 2 unspecified atom stereocenters. The molecule has 2 aliphatic rings. The summed E-state index contributed by atoms with van der Waals surface area (Å²) in [6, 6.07) is 5.34. The van der Waals surface area contributed by atoms with Gasteiger partial charge in [-0.05, 0) is 24.6 Å². The summed E-state index contributed by atoms with van der Waals surface area (Å²) in [4.78, 5) is 23.9. The van der Waals surface area contributed by atoms with E-state index in [1.54, 1.807) is 35.9 Å². The van der Waals surface area contributed by atoms with E-state index in [9.17, 15) is 14.3 Å². The molecule has 154 valence electrons. The lowest BCUT2D eigenvalue weighted by Gasteiger charge is -2.36. The number of aromatic nitrogens is 2. The lowest BCUT2D eigenvalue weighted by atomic mass is 10.0. The molecule has 0 aliphatic carbocycles. The minimum atomic E-state index is -1.25. The minimum Gasteiger partial charge on any atom is -0.487 e. The molecule has 0 bridgehead atoms. The van der Waals surface area contributed by atoms with Gasteiger partial charge in [-0.2, -0.15) is 0 Å². The largest absolute Gasteiger partial charge is 0.487 e. The molecule has 1 aromatic carbocycles. The first-order valence-corrected chi connectivity index (χ1v) is 9.83. The molecule has 1 amide bonds. The van der Waals surface area contributed by atoms with Crippen LogP contribution < -0.4 is 9.64 Å². The van der Waals surface area contributed by atoms with Gasteiger partial charge in [-0.25, -0.2) is 14.4 Å². The summed E-state index contributed by atoms with van der Waals surface area (Å²) < 4.78 is 20.8. The number of carbonyl (C=O) groups excluding carboxylic acids is 1. The fourth-order valence-electron chi connectivity index (χ4n) is 3.78. The first-order chi connectivity index (χ1) is 13.9. The molecule has 0 spiro atoms. The number of aliphatic hydroxyl groups is 1. The lowest BCUT2D eigenvalue weighted by Crippen LogP contribution is -2.47. The van der Waals surface area contributed by atoms with Crippen LogP contribution in [0.4, 0.5) is 10.2 Å². The number of fused-ring (bicyclic) bond motifs is 1. The molecule has 1 N–H and O–H groups in total. The number of rotatable bonds is 4. The highest BCUT2D eigenvalue weighted by Gasteiger charge is 2.33.